The summed E-state index contributed by atoms with van der Waals surface area (Å²) in [4.78, 5) is 28.9. The fourth-order valence-corrected chi connectivity index (χ4v) is 5.97. The van der Waals surface area contributed by atoms with E-state index in [0.717, 1.165) is 18.4 Å². The summed E-state index contributed by atoms with van der Waals surface area (Å²) in [6, 6.07) is 10.3. The molecule has 0 saturated heterocycles. The summed E-state index contributed by atoms with van der Waals surface area (Å²) >= 11 is 6.15. The number of carbonyl (C=O) groups excluding carboxylic acids is 1. The maximum absolute atomic E-state index is 12.9. The number of aliphatic carboxylic acids is 1. The molecule has 2 aromatic heterocycles. The monoisotopic (exact) mass is 560 g/mol. The Morgan fingerprint density at radius 3 is 2.47 bits per heavy atom. The van der Waals surface area contributed by atoms with Crippen molar-refractivity contribution in [3.05, 3.63) is 58.4 Å². The molecule has 38 heavy (non-hydrogen) atoms. The number of nitrogens with one attached hydrogen (secondary N) is 2. The van der Waals surface area contributed by atoms with Crippen LogP contribution in [0.25, 0.3) is 11.5 Å². The van der Waals surface area contributed by atoms with Crippen LogP contribution < -0.4 is 10.0 Å². The number of carbonyl (C=O) groups is 2. The van der Waals surface area contributed by atoms with Crippen LogP contribution in [0.5, 0.6) is 0 Å². The van der Waals surface area contributed by atoms with Crippen LogP contribution >= 0.6 is 11.6 Å². The molecule has 0 unspecified atom stereocenters. The van der Waals surface area contributed by atoms with Crippen molar-refractivity contribution in [3.8, 4) is 11.5 Å². The Morgan fingerprint density at radius 2 is 1.79 bits per heavy atom. The highest BCUT2D eigenvalue weighted by atomic mass is 35.5. The van der Waals surface area contributed by atoms with E-state index in [1.54, 1.807) is 50.2 Å². The molecule has 0 spiro atoms. The van der Waals surface area contributed by atoms with E-state index in [2.05, 4.69) is 20.2 Å². The molecule has 0 bridgehead atoms. The number of sulfonamides is 1. The summed E-state index contributed by atoms with van der Waals surface area (Å²) in [5.74, 6) is -2.68. The summed E-state index contributed by atoms with van der Waals surface area (Å²) in [5, 5.41) is 16.7. The van der Waals surface area contributed by atoms with E-state index in [9.17, 15) is 23.1 Å². The van der Waals surface area contributed by atoms with Gasteiger partial charge in [-0.15, -0.1) is 0 Å². The lowest BCUT2D eigenvalue weighted by Crippen LogP contribution is -2.36. The fraction of sp³-hybridized carbons (Fsp3) is 0.385. The lowest BCUT2D eigenvalue weighted by Gasteiger charge is -2.27. The SMILES string of the molecule is Cc1nc(-c2onc(C)c2NS(=O)(=O)CCc2ccccc2Cl)ccc1NC(=O)[C@H]1CCCC[C@@H]1C(=O)O. The van der Waals surface area contributed by atoms with E-state index in [0.29, 0.717) is 40.6 Å². The zero-order chi connectivity index (χ0) is 27.4. The number of carboxylic acids is 1. The Labute approximate surface area is 225 Å². The Bertz CT molecular complexity index is 1460. The molecule has 2 heterocycles. The molecule has 1 aliphatic carbocycles. The number of hydrogen-bond acceptors (Lipinski definition) is 7. The van der Waals surface area contributed by atoms with E-state index >= 15 is 0 Å². The average molecular weight is 561 g/mol. The normalized spacial score (nSPS) is 17.7. The highest BCUT2D eigenvalue weighted by Gasteiger charge is 2.36. The van der Waals surface area contributed by atoms with Crippen molar-refractivity contribution in [2.24, 2.45) is 11.8 Å². The molecule has 1 aromatic carbocycles. The summed E-state index contributed by atoms with van der Waals surface area (Å²) < 4.78 is 33.7. The molecule has 0 radical (unpaired) electrons. The third kappa shape index (κ3) is 6.33. The Kier molecular flexibility index (Phi) is 8.37. The minimum Gasteiger partial charge on any atom is -0.481 e. The second kappa shape index (κ2) is 11.5. The molecule has 0 aliphatic heterocycles. The van der Waals surface area contributed by atoms with Gasteiger partial charge in [-0.2, -0.15) is 0 Å². The van der Waals surface area contributed by atoms with Gasteiger partial charge < -0.3 is 14.9 Å². The van der Waals surface area contributed by atoms with Crippen molar-refractivity contribution in [1.82, 2.24) is 10.1 Å². The van der Waals surface area contributed by atoms with Crippen molar-refractivity contribution in [3.63, 3.8) is 0 Å². The van der Waals surface area contributed by atoms with Crippen LogP contribution in [0.2, 0.25) is 5.02 Å². The van der Waals surface area contributed by atoms with E-state index in [1.165, 1.54) is 0 Å². The molecule has 12 heteroatoms. The molecule has 3 aromatic rings. The van der Waals surface area contributed by atoms with Gasteiger partial charge in [0, 0.05) is 5.02 Å². The molecule has 2 atom stereocenters. The first-order valence-corrected chi connectivity index (χ1v) is 14.3. The Morgan fingerprint density at radius 1 is 1.08 bits per heavy atom. The molecule has 3 N–H and O–H groups in total. The zero-order valence-electron chi connectivity index (χ0n) is 21.0. The summed E-state index contributed by atoms with van der Waals surface area (Å²) in [6.07, 6.45) is 2.82. The largest absolute Gasteiger partial charge is 0.481 e. The maximum atomic E-state index is 12.9. The number of amides is 1. The van der Waals surface area contributed by atoms with Gasteiger partial charge in [0.2, 0.25) is 21.7 Å². The number of anilines is 2. The standard InChI is InChI=1S/C26H29ClN4O6S/c1-15-21(29-25(32)18-8-4-5-9-19(18)26(33)34)11-12-22(28-15)24-23(16(2)30-37-24)31-38(35,36)14-13-17-7-3-6-10-20(17)27/h3,6-7,10-12,18-19,31H,4-5,8-9,13-14H2,1-2H3,(H,29,32)(H,33,34)/t18-,19-/m0/s1. The smallest absolute Gasteiger partial charge is 0.307 e. The number of hydrogen-bond donors (Lipinski definition) is 3. The van der Waals surface area contributed by atoms with Crippen molar-refractivity contribution in [1.29, 1.82) is 0 Å². The van der Waals surface area contributed by atoms with Gasteiger partial charge >= 0.3 is 5.97 Å². The van der Waals surface area contributed by atoms with Gasteiger partial charge in [0.15, 0.2) is 0 Å². The molecule has 202 valence electrons. The second-order valence-corrected chi connectivity index (χ2v) is 11.6. The molecule has 1 fully saturated rings. The zero-order valence-corrected chi connectivity index (χ0v) is 22.6. The average Bonchev–Trinajstić information content (AvgIpc) is 3.23. The lowest BCUT2D eigenvalue weighted by atomic mass is 9.78. The highest BCUT2D eigenvalue weighted by Crippen LogP contribution is 2.34. The molecule has 4 rings (SSSR count). The number of halogens is 1. The van der Waals surface area contributed by atoms with Crippen molar-refractivity contribution in [2.45, 2.75) is 46.0 Å². The van der Waals surface area contributed by atoms with Crippen LogP contribution in [0, 0.1) is 25.7 Å². The fourth-order valence-electron chi connectivity index (χ4n) is 4.60. The third-order valence-corrected chi connectivity index (χ3v) is 8.34. The van der Waals surface area contributed by atoms with Gasteiger partial charge in [0.1, 0.15) is 17.1 Å². The first-order chi connectivity index (χ1) is 18.1. The van der Waals surface area contributed by atoms with Gasteiger partial charge in [0.25, 0.3) is 0 Å². The number of rotatable bonds is 9. The van der Waals surface area contributed by atoms with E-state index < -0.39 is 27.8 Å². The first-order valence-electron chi connectivity index (χ1n) is 12.3. The van der Waals surface area contributed by atoms with Crippen LogP contribution in [0.15, 0.2) is 40.9 Å². The Hall–Kier alpha value is -3.44. The van der Waals surface area contributed by atoms with E-state index in [4.69, 9.17) is 16.1 Å². The Balaban J connectivity index is 1.49. The quantitative estimate of drug-likeness (QED) is 0.337. The summed E-state index contributed by atoms with van der Waals surface area (Å²) in [5.41, 5.74) is 2.46. The van der Waals surface area contributed by atoms with Gasteiger partial charge in [0.05, 0.1) is 29.0 Å². The van der Waals surface area contributed by atoms with Crippen LogP contribution in [0.4, 0.5) is 11.4 Å². The minimum absolute atomic E-state index is 0.142. The number of benzene rings is 1. The third-order valence-electron chi connectivity index (χ3n) is 6.71. The molecular weight excluding hydrogens is 532 g/mol. The van der Waals surface area contributed by atoms with Crippen molar-refractivity contribution in [2.75, 3.05) is 15.8 Å². The van der Waals surface area contributed by atoms with Crippen LogP contribution in [0.3, 0.4) is 0 Å². The molecule has 10 nitrogen and oxygen atoms in total. The van der Waals surface area contributed by atoms with Crippen LogP contribution in [-0.4, -0.2) is 41.3 Å². The molecule has 1 aliphatic rings. The number of aromatic nitrogens is 2. The summed E-state index contributed by atoms with van der Waals surface area (Å²) in [7, 11) is -3.77. The van der Waals surface area contributed by atoms with E-state index in [1.807, 2.05) is 0 Å². The van der Waals surface area contributed by atoms with E-state index in [-0.39, 0.29) is 29.5 Å². The van der Waals surface area contributed by atoms with Crippen LogP contribution in [0.1, 0.15) is 42.6 Å². The number of nitrogens with zero attached hydrogens (tertiary/aromatic N) is 2. The first kappa shape index (κ1) is 27.6. The minimum atomic E-state index is -3.77. The van der Waals surface area contributed by atoms with Crippen LogP contribution in [-0.2, 0) is 26.0 Å². The number of pyridine rings is 1. The van der Waals surface area contributed by atoms with Crippen molar-refractivity contribution < 1.29 is 27.6 Å². The van der Waals surface area contributed by atoms with Crippen molar-refractivity contribution >= 4 is 44.9 Å². The number of carboxylic acid groups (broad SMARTS) is 1. The maximum Gasteiger partial charge on any atom is 0.307 e. The molecule has 1 saturated carbocycles. The lowest BCUT2D eigenvalue weighted by molar-refractivity contribution is -0.147. The van der Waals surface area contributed by atoms with Gasteiger partial charge in [-0.3, -0.25) is 14.3 Å². The summed E-state index contributed by atoms with van der Waals surface area (Å²) in [6.45, 7) is 3.30. The van der Waals surface area contributed by atoms with Gasteiger partial charge in [-0.1, -0.05) is 47.8 Å². The van der Waals surface area contributed by atoms with Gasteiger partial charge in [-0.25, -0.2) is 13.4 Å². The predicted molar refractivity (Wildman–Crippen MR) is 143 cm³/mol. The topological polar surface area (TPSA) is 151 Å². The van der Waals surface area contributed by atoms with Gasteiger partial charge in [-0.05, 0) is 56.9 Å². The molecular formula is C26H29ClN4O6S. The predicted octanol–water partition coefficient (Wildman–Crippen LogP) is 4.82. The second-order valence-electron chi connectivity index (χ2n) is 9.39. The molecule has 1 amide bonds. The highest BCUT2D eigenvalue weighted by molar-refractivity contribution is 7.92. The number of aryl methyl sites for hydroxylation is 3.